The third kappa shape index (κ3) is 5.89. The van der Waals surface area contributed by atoms with Crippen LogP contribution in [0.25, 0.3) is 0 Å². The molecule has 1 aliphatic heterocycles. The lowest BCUT2D eigenvalue weighted by atomic mass is 10.0. The highest BCUT2D eigenvalue weighted by Crippen LogP contribution is 2.20. The van der Waals surface area contributed by atoms with Crippen LogP contribution in [0, 0.1) is 6.92 Å². The Morgan fingerprint density at radius 2 is 2.12 bits per heavy atom. The summed E-state index contributed by atoms with van der Waals surface area (Å²) in [4.78, 5) is 7.06. The van der Waals surface area contributed by atoms with Crippen molar-refractivity contribution in [1.82, 2.24) is 15.8 Å². The zero-order chi connectivity index (χ0) is 17.5. The van der Waals surface area contributed by atoms with Gasteiger partial charge in [0.05, 0.1) is 6.54 Å². The van der Waals surface area contributed by atoms with Crippen LogP contribution in [-0.2, 0) is 6.54 Å². The number of aliphatic imine (C=N–C) groups is 1. The van der Waals surface area contributed by atoms with E-state index in [0.717, 1.165) is 37.7 Å². The molecule has 0 saturated carbocycles. The number of nitrogens with one attached hydrogen (secondary N) is 2. The molecule has 0 spiro atoms. The van der Waals surface area contributed by atoms with E-state index in [2.05, 4.69) is 63.8 Å². The van der Waals surface area contributed by atoms with Crippen molar-refractivity contribution in [2.24, 2.45) is 4.99 Å². The summed E-state index contributed by atoms with van der Waals surface area (Å²) >= 11 is 0. The van der Waals surface area contributed by atoms with E-state index >= 15 is 0 Å². The highest BCUT2D eigenvalue weighted by molar-refractivity contribution is 14.0. The summed E-state index contributed by atoms with van der Waals surface area (Å²) in [5, 5.41) is 10.8. The molecular weight excluding hydrogens is 441 g/mol. The second kappa shape index (κ2) is 10.4. The molecule has 0 amide bonds. The third-order valence-electron chi connectivity index (χ3n) is 4.40. The number of hydrogen-bond donors (Lipinski definition) is 2. The van der Waals surface area contributed by atoms with Gasteiger partial charge < -0.3 is 20.1 Å². The summed E-state index contributed by atoms with van der Waals surface area (Å²) in [6.45, 7) is 7.63. The van der Waals surface area contributed by atoms with Gasteiger partial charge in [0.1, 0.15) is 12.0 Å². The topological polar surface area (TPSA) is 65.7 Å². The van der Waals surface area contributed by atoms with Crippen molar-refractivity contribution < 1.29 is 4.52 Å². The third-order valence-corrected chi connectivity index (χ3v) is 4.40. The van der Waals surface area contributed by atoms with Gasteiger partial charge in [0.15, 0.2) is 5.96 Å². The maximum atomic E-state index is 4.86. The monoisotopic (exact) mass is 469 g/mol. The Balaban J connectivity index is 0.00000243. The van der Waals surface area contributed by atoms with E-state index < -0.39 is 0 Å². The fourth-order valence-electron chi connectivity index (χ4n) is 3.08. The van der Waals surface area contributed by atoms with Crippen LogP contribution in [0.5, 0.6) is 0 Å². The van der Waals surface area contributed by atoms with Crippen LogP contribution in [0.1, 0.15) is 31.0 Å². The standard InChI is InChI=1S/C19H27N5O.HI/c1-3-20-19(21-13-16-10-12-25-23-16)22-17-5-4-11-24(14-17)18-8-6-15(2)7-9-18;/h6-10,12,17H,3-5,11,13-14H2,1-2H3,(H2,20,21,22);1H. The number of hydrogen-bond acceptors (Lipinski definition) is 4. The van der Waals surface area contributed by atoms with Crippen molar-refractivity contribution in [3.63, 3.8) is 0 Å². The molecule has 2 N–H and O–H groups in total. The van der Waals surface area contributed by atoms with E-state index in [4.69, 9.17) is 4.52 Å². The Labute approximate surface area is 172 Å². The average molecular weight is 469 g/mol. The van der Waals surface area contributed by atoms with Crippen LogP contribution in [0.3, 0.4) is 0 Å². The van der Waals surface area contributed by atoms with Gasteiger partial charge in [0.2, 0.25) is 0 Å². The summed E-state index contributed by atoms with van der Waals surface area (Å²) in [6, 6.07) is 11.0. The van der Waals surface area contributed by atoms with Crippen LogP contribution in [0.4, 0.5) is 5.69 Å². The first-order valence-electron chi connectivity index (χ1n) is 9.00. The summed E-state index contributed by atoms with van der Waals surface area (Å²) in [6.07, 6.45) is 3.90. The summed E-state index contributed by atoms with van der Waals surface area (Å²) in [7, 11) is 0. The zero-order valence-electron chi connectivity index (χ0n) is 15.4. The number of rotatable bonds is 5. The Hall–Kier alpha value is -1.77. The number of nitrogens with zero attached hydrogens (tertiary/aromatic N) is 3. The van der Waals surface area contributed by atoms with Crippen molar-refractivity contribution in [2.45, 2.75) is 39.3 Å². The van der Waals surface area contributed by atoms with E-state index in [1.54, 1.807) is 6.26 Å². The SMILES string of the molecule is CCNC(=NCc1ccon1)NC1CCCN(c2ccc(C)cc2)C1.I. The normalized spacial score (nSPS) is 17.5. The van der Waals surface area contributed by atoms with E-state index in [1.807, 2.05) is 6.07 Å². The maximum absolute atomic E-state index is 4.86. The van der Waals surface area contributed by atoms with Crippen molar-refractivity contribution in [3.05, 3.63) is 47.9 Å². The minimum atomic E-state index is 0. The number of aromatic nitrogens is 1. The van der Waals surface area contributed by atoms with Crippen molar-refractivity contribution in [2.75, 3.05) is 24.5 Å². The Morgan fingerprint density at radius 1 is 1.31 bits per heavy atom. The first-order chi connectivity index (χ1) is 12.2. The Kier molecular flexibility index (Phi) is 8.21. The lowest BCUT2D eigenvalue weighted by Gasteiger charge is -2.35. The molecule has 6 nitrogen and oxygen atoms in total. The molecule has 0 aliphatic carbocycles. The molecule has 0 radical (unpaired) electrons. The van der Waals surface area contributed by atoms with Gasteiger partial charge in [0.25, 0.3) is 0 Å². The molecule has 0 bridgehead atoms. The molecule has 142 valence electrons. The summed E-state index contributed by atoms with van der Waals surface area (Å²) in [5.41, 5.74) is 3.42. The zero-order valence-corrected chi connectivity index (χ0v) is 17.8. The molecule has 1 unspecified atom stereocenters. The molecule has 1 saturated heterocycles. The van der Waals surface area contributed by atoms with Crippen LogP contribution < -0.4 is 15.5 Å². The molecule has 1 atom stereocenters. The summed E-state index contributed by atoms with van der Waals surface area (Å²) in [5.74, 6) is 0.834. The van der Waals surface area contributed by atoms with Crippen LogP contribution in [0.2, 0.25) is 0 Å². The molecule has 1 fully saturated rings. The highest BCUT2D eigenvalue weighted by atomic mass is 127. The lowest BCUT2D eigenvalue weighted by molar-refractivity contribution is 0.412. The fourth-order valence-corrected chi connectivity index (χ4v) is 3.08. The Bertz CT molecular complexity index is 672. The molecule has 26 heavy (non-hydrogen) atoms. The number of piperidine rings is 1. The maximum Gasteiger partial charge on any atom is 0.191 e. The second-order valence-corrected chi connectivity index (χ2v) is 6.45. The van der Waals surface area contributed by atoms with Gasteiger partial charge in [-0.2, -0.15) is 0 Å². The van der Waals surface area contributed by atoms with E-state index in [1.165, 1.54) is 17.7 Å². The molecule has 1 aromatic heterocycles. The number of benzene rings is 1. The Morgan fingerprint density at radius 3 is 2.81 bits per heavy atom. The number of anilines is 1. The van der Waals surface area contributed by atoms with Gasteiger partial charge in [-0.25, -0.2) is 4.99 Å². The van der Waals surface area contributed by atoms with E-state index in [-0.39, 0.29) is 24.0 Å². The minimum Gasteiger partial charge on any atom is -0.369 e. The van der Waals surface area contributed by atoms with Gasteiger partial charge in [-0.15, -0.1) is 24.0 Å². The number of aryl methyl sites for hydroxylation is 1. The highest BCUT2D eigenvalue weighted by Gasteiger charge is 2.21. The number of halogens is 1. The quantitative estimate of drug-likeness (QED) is 0.400. The van der Waals surface area contributed by atoms with Crippen molar-refractivity contribution >= 4 is 35.6 Å². The molecule has 1 aliphatic rings. The molecule has 2 heterocycles. The van der Waals surface area contributed by atoms with Crippen molar-refractivity contribution in [1.29, 1.82) is 0 Å². The predicted octanol–water partition coefficient (Wildman–Crippen LogP) is 3.33. The van der Waals surface area contributed by atoms with Crippen LogP contribution in [-0.4, -0.2) is 36.8 Å². The largest absolute Gasteiger partial charge is 0.369 e. The first kappa shape index (κ1) is 20.5. The van der Waals surface area contributed by atoms with Crippen LogP contribution >= 0.6 is 24.0 Å². The van der Waals surface area contributed by atoms with Gasteiger partial charge in [-0.05, 0) is 38.8 Å². The van der Waals surface area contributed by atoms with Gasteiger partial charge in [-0.3, -0.25) is 0 Å². The smallest absolute Gasteiger partial charge is 0.191 e. The predicted molar refractivity (Wildman–Crippen MR) is 116 cm³/mol. The van der Waals surface area contributed by atoms with Gasteiger partial charge in [-0.1, -0.05) is 22.9 Å². The minimum absolute atomic E-state index is 0. The van der Waals surface area contributed by atoms with Gasteiger partial charge >= 0.3 is 0 Å². The van der Waals surface area contributed by atoms with E-state index in [9.17, 15) is 0 Å². The first-order valence-corrected chi connectivity index (χ1v) is 9.00. The van der Waals surface area contributed by atoms with Crippen LogP contribution in [0.15, 0.2) is 46.1 Å². The molecule has 2 aromatic rings. The van der Waals surface area contributed by atoms with Crippen molar-refractivity contribution in [3.8, 4) is 0 Å². The molecule has 7 heteroatoms. The second-order valence-electron chi connectivity index (χ2n) is 6.45. The molecular formula is C19H28IN5O. The fraction of sp³-hybridized carbons (Fsp3) is 0.474. The van der Waals surface area contributed by atoms with Gasteiger partial charge in [0, 0.05) is 37.4 Å². The average Bonchev–Trinajstić information content (AvgIpc) is 3.14. The molecule has 3 rings (SSSR count). The summed E-state index contributed by atoms with van der Waals surface area (Å²) < 4.78 is 4.86. The lowest BCUT2D eigenvalue weighted by Crippen LogP contribution is -2.51. The van der Waals surface area contributed by atoms with E-state index in [0.29, 0.717) is 12.6 Å². The number of guanidine groups is 1. The molecule has 1 aromatic carbocycles.